The lowest BCUT2D eigenvalue weighted by molar-refractivity contribution is -0.144. The van der Waals surface area contributed by atoms with E-state index in [1.54, 1.807) is 6.92 Å². The van der Waals surface area contributed by atoms with Crippen molar-refractivity contribution in [1.82, 2.24) is 9.80 Å². The van der Waals surface area contributed by atoms with Crippen molar-refractivity contribution in [3.05, 3.63) is 0 Å². The highest BCUT2D eigenvalue weighted by molar-refractivity contribution is 5.76. The van der Waals surface area contributed by atoms with Crippen molar-refractivity contribution in [2.24, 2.45) is 11.7 Å². The Balaban J connectivity index is 2.33. The van der Waals surface area contributed by atoms with Crippen molar-refractivity contribution in [3.63, 3.8) is 0 Å². The number of rotatable bonds is 6. The fraction of sp³-hybridized carbons (Fsp3) is 0.846. The Labute approximate surface area is 114 Å². The van der Waals surface area contributed by atoms with Gasteiger partial charge in [0, 0.05) is 32.6 Å². The number of amides is 1. The van der Waals surface area contributed by atoms with Crippen LogP contribution in [-0.2, 0) is 9.59 Å². The van der Waals surface area contributed by atoms with E-state index in [-0.39, 0.29) is 5.91 Å². The Morgan fingerprint density at radius 3 is 2.26 bits per heavy atom. The van der Waals surface area contributed by atoms with Crippen LogP contribution < -0.4 is 5.73 Å². The quantitative estimate of drug-likeness (QED) is 0.709. The zero-order valence-corrected chi connectivity index (χ0v) is 11.8. The fourth-order valence-corrected chi connectivity index (χ4v) is 2.16. The summed E-state index contributed by atoms with van der Waals surface area (Å²) in [6, 6.07) is -0.477. The molecular formula is C13H25N3O3. The van der Waals surface area contributed by atoms with Crippen LogP contribution in [0.3, 0.4) is 0 Å². The van der Waals surface area contributed by atoms with E-state index in [0.29, 0.717) is 45.1 Å². The van der Waals surface area contributed by atoms with E-state index in [1.807, 2.05) is 16.7 Å². The summed E-state index contributed by atoms with van der Waals surface area (Å²) in [4.78, 5) is 26.6. The second-order valence-electron chi connectivity index (χ2n) is 5.31. The number of carbonyl (C=O) groups excluding carboxylic acids is 1. The lowest BCUT2D eigenvalue weighted by Gasteiger charge is -2.36. The Bertz CT molecular complexity index is 314. The maximum atomic E-state index is 12.0. The number of aliphatic carboxylic acids is 1. The molecule has 0 saturated carbocycles. The molecule has 0 aromatic heterocycles. The van der Waals surface area contributed by atoms with Crippen molar-refractivity contribution in [3.8, 4) is 0 Å². The van der Waals surface area contributed by atoms with E-state index >= 15 is 0 Å². The molecule has 0 aromatic carbocycles. The Morgan fingerprint density at radius 2 is 1.79 bits per heavy atom. The maximum Gasteiger partial charge on any atom is 0.320 e. The van der Waals surface area contributed by atoms with Gasteiger partial charge in [0.05, 0.1) is 0 Å². The zero-order valence-electron chi connectivity index (χ0n) is 11.8. The molecule has 2 atom stereocenters. The molecule has 110 valence electrons. The van der Waals surface area contributed by atoms with E-state index < -0.39 is 12.0 Å². The number of nitrogens with two attached hydrogens (primary N) is 1. The number of piperazine rings is 1. The molecule has 0 radical (unpaired) electrons. The second kappa shape index (κ2) is 7.45. The van der Waals surface area contributed by atoms with Crippen molar-refractivity contribution in [2.75, 3.05) is 32.7 Å². The molecule has 1 aliphatic rings. The van der Waals surface area contributed by atoms with Gasteiger partial charge in [-0.05, 0) is 25.8 Å². The van der Waals surface area contributed by atoms with Gasteiger partial charge in [0.2, 0.25) is 5.91 Å². The Hall–Kier alpha value is -1.14. The van der Waals surface area contributed by atoms with Gasteiger partial charge in [0.25, 0.3) is 0 Å². The minimum Gasteiger partial charge on any atom is -0.480 e. The molecule has 1 aliphatic heterocycles. The van der Waals surface area contributed by atoms with Crippen LogP contribution in [0.4, 0.5) is 0 Å². The van der Waals surface area contributed by atoms with Gasteiger partial charge >= 0.3 is 5.97 Å². The number of hydrogen-bond acceptors (Lipinski definition) is 4. The molecule has 6 heteroatoms. The van der Waals surface area contributed by atoms with Crippen molar-refractivity contribution in [1.29, 1.82) is 0 Å². The molecule has 0 spiro atoms. The lowest BCUT2D eigenvalue weighted by atomic mass is 10.1. The Kier molecular flexibility index (Phi) is 6.24. The number of carboxylic acid groups (broad SMARTS) is 1. The number of nitrogens with zero attached hydrogens (tertiary/aromatic N) is 2. The topological polar surface area (TPSA) is 86.9 Å². The smallest absolute Gasteiger partial charge is 0.320 e. The van der Waals surface area contributed by atoms with Crippen LogP contribution in [0.25, 0.3) is 0 Å². The summed E-state index contributed by atoms with van der Waals surface area (Å²) < 4.78 is 0. The van der Waals surface area contributed by atoms with E-state index in [9.17, 15) is 9.59 Å². The molecule has 1 amide bonds. The largest absolute Gasteiger partial charge is 0.480 e. The SMILES string of the molecule is CC(CN)CCC(=O)N1CCN(C(C)C(=O)O)CC1. The lowest BCUT2D eigenvalue weighted by Crippen LogP contribution is -2.53. The van der Waals surface area contributed by atoms with Crippen LogP contribution >= 0.6 is 0 Å². The first-order valence-electron chi connectivity index (χ1n) is 6.90. The predicted molar refractivity (Wildman–Crippen MR) is 72.7 cm³/mol. The van der Waals surface area contributed by atoms with Crippen LogP contribution in [-0.4, -0.2) is 65.5 Å². The van der Waals surface area contributed by atoms with Gasteiger partial charge in [-0.3, -0.25) is 14.5 Å². The molecule has 1 fully saturated rings. The maximum absolute atomic E-state index is 12.0. The zero-order chi connectivity index (χ0) is 14.4. The average Bonchev–Trinajstić information content (AvgIpc) is 2.43. The van der Waals surface area contributed by atoms with Crippen LogP contribution in [0.15, 0.2) is 0 Å². The summed E-state index contributed by atoms with van der Waals surface area (Å²) >= 11 is 0. The predicted octanol–water partition coefficient (Wildman–Crippen LogP) is -0.0213. The first-order valence-corrected chi connectivity index (χ1v) is 6.90. The minimum absolute atomic E-state index is 0.155. The van der Waals surface area contributed by atoms with Crippen molar-refractivity contribution in [2.45, 2.75) is 32.7 Å². The molecule has 1 heterocycles. The highest BCUT2D eigenvalue weighted by Gasteiger charge is 2.26. The average molecular weight is 271 g/mol. The Morgan fingerprint density at radius 1 is 1.21 bits per heavy atom. The number of hydrogen-bond donors (Lipinski definition) is 2. The normalized spacial score (nSPS) is 20.1. The van der Waals surface area contributed by atoms with Crippen LogP contribution in [0.1, 0.15) is 26.7 Å². The molecule has 0 aromatic rings. The highest BCUT2D eigenvalue weighted by atomic mass is 16.4. The van der Waals surface area contributed by atoms with Gasteiger partial charge in [-0.25, -0.2) is 0 Å². The van der Waals surface area contributed by atoms with Gasteiger partial charge in [-0.15, -0.1) is 0 Å². The highest BCUT2D eigenvalue weighted by Crippen LogP contribution is 2.10. The van der Waals surface area contributed by atoms with Crippen LogP contribution in [0, 0.1) is 5.92 Å². The minimum atomic E-state index is -0.809. The monoisotopic (exact) mass is 271 g/mol. The summed E-state index contributed by atoms with van der Waals surface area (Å²) in [5.41, 5.74) is 5.53. The molecule has 19 heavy (non-hydrogen) atoms. The summed E-state index contributed by atoms with van der Waals surface area (Å²) in [7, 11) is 0. The summed E-state index contributed by atoms with van der Waals surface area (Å²) in [5.74, 6) is -0.281. The van der Waals surface area contributed by atoms with Crippen LogP contribution in [0.5, 0.6) is 0 Å². The molecule has 2 unspecified atom stereocenters. The fourth-order valence-electron chi connectivity index (χ4n) is 2.16. The van der Waals surface area contributed by atoms with Crippen molar-refractivity contribution >= 4 is 11.9 Å². The van der Waals surface area contributed by atoms with Gasteiger partial charge < -0.3 is 15.7 Å². The third-order valence-electron chi connectivity index (χ3n) is 3.83. The summed E-state index contributed by atoms with van der Waals surface area (Å²) in [5, 5.41) is 8.95. The molecule has 0 aliphatic carbocycles. The standard InChI is InChI=1S/C13H25N3O3/c1-10(9-14)3-4-12(17)16-7-5-15(6-8-16)11(2)13(18)19/h10-11H,3-9,14H2,1-2H3,(H,18,19). The van der Waals surface area contributed by atoms with Gasteiger partial charge in [-0.2, -0.15) is 0 Å². The van der Waals surface area contributed by atoms with Gasteiger partial charge in [0.1, 0.15) is 6.04 Å². The van der Waals surface area contributed by atoms with Gasteiger partial charge in [0.15, 0.2) is 0 Å². The summed E-state index contributed by atoms with van der Waals surface area (Å²) in [6.45, 7) is 6.83. The molecule has 0 bridgehead atoms. The third-order valence-corrected chi connectivity index (χ3v) is 3.83. The van der Waals surface area contributed by atoms with E-state index in [1.165, 1.54) is 0 Å². The van der Waals surface area contributed by atoms with E-state index in [0.717, 1.165) is 6.42 Å². The first kappa shape index (κ1) is 15.9. The molecular weight excluding hydrogens is 246 g/mol. The number of carbonyl (C=O) groups is 2. The molecule has 3 N–H and O–H groups in total. The molecule has 1 saturated heterocycles. The second-order valence-corrected chi connectivity index (χ2v) is 5.31. The third kappa shape index (κ3) is 4.80. The summed E-state index contributed by atoms with van der Waals surface area (Å²) in [6.07, 6.45) is 1.36. The van der Waals surface area contributed by atoms with Crippen molar-refractivity contribution < 1.29 is 14.7 Å². The first-order chi connectivity index (χ1) is 8.95. The molecule has 6 nitrogen and oxygen atoms in total. The molecule has 1 rings (SSSR count). The van der Waals surface area contributed by atoms with Gasteiger partial charge in [-0.1, -0.05) is 6.92 Å². The van der Waals surface area contributed by atoms with E-state index in [4.69, 9.17) is 10.8 Å². The van der Waals surface area contributed by atoms with Crippen LogP contribution in [0.2, 0.25) is 0 Å². The number of carboxylic acids is 1. The van der Waals surface area contributed by atoms with E-state index in [2.05, 4.69) is 0 Å².